The highest BCUT2D eigenvalue weighted by Gasteiger charge is 2.20. The molecule has 1 aliphatic rings. The smallest absolute Gasteiger partial charge is 0.0843 e. The fourth-order valence-electron chi connectivity index (χ4n) is 2.56. The maximum Gasteiger partial charge on any atom is 0.0843 e. The summed E-state index contributed by atoms with van der Waals surface area (Å²) in [4.78, 5) is 1.40. The molecule has 0 aliphatic heterocycles. The minimum absolute atomic E-state index is 0.885. The zero-order valence-electron chi connectivity index (χ0n) is 10.1. The predicted octanol–water partition coefficient (Wildman–Crippen LogP) is 5.19. The molecular weight excluding hydrogens is 362 g/mol. The van der Waals surface area contributed by atoms with Gasteiger partial charge in [-0.05, 0) is 62.7 Å². The molecule has 0 aromatic carbocycles. The fourth-order valence-corrected chi connectivity index (χ4v) is 4.70. The molecule has 0 radical (unpaired) electrons. The van der Waals surface area contributed by atoms with Crippen LogP contribution in [0.1, 0.15) is 37.5 Å². The van der Waals surface area contributed by atoms with Crippen molar-refractivity contribution in [2.45, 2.75) is 39.2 Å². The standard InChI is InChI=1S/C13H19Br2NS/c1-9-4-2-3-5-10(9)7-16-8-11-6-12(14)13(15)17-11/h6,9-10,16H,2-5,7-8H2,1H3. The summed E-state index contributed by atoms with van der Waals surface area (Å²) in [7, 11) is 0. The summed E-state index contributed by atoms with van der Waals surface area (Å²) < 4.78 is 2.37. The van der Waals surface area contributed by atoms with Gasteiger partial charge in [-0.15, -0.1) is 11.3 Å². The van der Waals surface area contributed by atoms with E-state index in [0.717, 1.165) is 18.4 Å². The second-order valence-electron chi connectivity index (χ2n) is 4.99. The van der Waals surface area contributed by atoms with Crippen molar-refractivity contribution in [1.82, 2.24) is 5.32 Å². The van der Waals surface area contributed by atoms with Crippen molar-refractivity contribution in [2.24, 2.45) is 11.8 Å². The van der Waals surface area contributed by atoms with E-state index in [4.69, 9.17) is 0 Å². The van der Waals surface area contributed by atoms with Gasteiger partial charge in [-0.3, -0.25) is 0 Å². The summed E-state index contributed by atoms with van der Waals surface area (Å²) in [6.45, 7) is 4.58. The Labute approximate surface area is 125 Å². The molecule has 1 aromatic heterocycles. The van der Waals surface area contributed by atoms with Gasteiger partial charge >= 0.3 is 0 Å². The molecule has 1 saturated carbocycles. The Morgan fingerprint density at radius 1 is 1.35 bits per heavy atom. The summed E-state index contributed by atoms with van der Waals surface area (Å²) in [5.74, 6) is 1.79. The average Bonchev–Trinajstić information content (AvgIpc) is 2.61. The van der Waals surface area contributed by atoms with Crippen molar-refractivity contribution in [1.29, 1.82) is 0 Å². The molecule has 1 heterocycles. The largest absolute Gasteiger partial charge is 0.312 e. The lowest BCUT2D eigenvalue weighted by Crippen LogP contribution is -2.28. The van der Waals surface area contributed by atoms with Gasteiger partial charge in [0.2, 0.25) is 0 Å². The second kappa shape index (κ2) is 6.69. The molecule has 0 bridgehead atoms. The molecule has 2 atom stereocenters. The van der Waals surface area contributed by atoms with Gasteiger partial charge in [0.15, 0.2) is 0 Å². The van der Waals surface area contributed by atoms with Crippen LogP contribution in [0, 0.1) is 11.8 Å². The first-order valence-corrected chi connectivity index (χ1v) is 8.71. The fraction of sp³-hybridized carbons (Fsp3) is 0.692. The number of halogens is 2. The lowest BCUT2D eigenvalue weighted by molar-refractivity contribution is 0.248. The monoisotopic (exact) mass is 379 g/mol. The van der Waals surface area contributed by atoms with Crippen LogP contribution in [-0.2, 0) is 6.54 Å². The van der Waals surface area contributed by atoms with Crippen molar-refractivity contribution in [3.05, 3.63) is 19.2 Å². The number of thiophene rings is 1. The van der Waals surface area contributed by atoms with Crippen molar-refractivity contribution in [3.8, 4) is 0 Å². The molecule has 1 aromatic rings. The molecule has 96 valence electrons. The van der Waals surface area contributed by atoms with Crippen LogP contribution < -0.4 is 5.32 Å². The van der Waals surface area contributed by atoms with Gasteiger partial charge in [0.25, 0.3) is 0 Å². The Kier molecular flexibility index (Phi) is 5.52. The van der Waals surface area contributed by atoms with E-state index < -0.39 is 0 Å². The molecule has 1 nitrogen and oxygen atoms in total. The minimum atomic E-state index is 0.885. The first-order valence-electron chi connectivity index (χ1n) is 6.31. The first kappa shape index (κ1) is 14.0. The van der Waals surface area contributed by atoms with E-state index in [1.54, 1.807) is 0 Å². The van der Waals surface area contributed by atoms with E-state index in [1.165, 1.54) is 45.4 Å². The zero-order chi connectivity index (χ0) is 12.3. The summed E-state index contributed by atoms with van der Waals surface area (Å²) >= 11 is 8.88. The van der Waals surface area contributed by atoms with E-state index in [1.807, 2.05) is 11.3 Å². The van der Waals surface area contributed by atoms with Gasteiger partial charge in [-0.25, -0.2) is 0 Å². The van der Waals surface area contributed by atoms with E-state index in [-0.39, 0.29) is 0 Å². The highest BCUT2D eigenvalue weighted by atomic mass is 79.9. The van der Waals surface area contributed by atoms with E-state index >= 15 is 0 Å². The van der Waals surface area contributed by atoms with Crippen LogP contribution in [0.2, 0.25) is 0 Å². The topological polar surface area (TPSA) is 12.0 Å². The lowest BCUT2D eigenvalue weighted by Gasteiger charge is -2.28. The van der Waals surface area contributed by atoms with Crippen LogP contribution in [0.4, 0.5) is 0 Å². The van der Waals surface area contributed by atoms with Gasteiger partial charge in [-0.1, -0.05) is 26.2 Å². The Hall–Kier alpha value is 0.620. The molecule has 1 aliphatic carbocycles. The quantitative estimate of drug-likeness (QED) is 0.757. The molecule has 17 heavy (non-hydrogen) atoms. The van der Waals surface area contributed by atoms with Gasteiger partial charge < -0.3 is 5.32 Å². The molecule has 1 fully saturated rings. The number of hydrogen-bond donors (Lipinski definition) is 1. The zero-order valence-corrected chi connectivity index (χ0v) is 14.1. The summed E-state index contributed by atoms with van der Waals surface area (Å²) in [6, 6.07) is 2.20. The number of rotatable bonds is 4. The summed E-state index contributed by atoms with van der Waals surface area (Å²) in [5.41, 5.74) is 0. The Morgan fingerprint density at radius 3 is 2.76 bits per heavy atom. The number of hydrogen-bond acceptors (Lipinski definition) is 2. The highest BCUT2D eigenvalue weighted by Crippen LogP contribution is 2.32. The van der Waals surface area contributed by atoms with Crippen LogP contribution in [0.3, 0.4) is 0 Å². The van der Waals surface area contributed by atoms with Crippen molar-refractivity contribution < 1.29 is 0 Å². The number of nitrogens with one attached hydrogen (secondary N) is 1. The summed E-state index contributed by atoms with van der Waals surface area (Å²) in [5, 5.41) is 3.61. The van der Waals surface area contributed by atoms with E-state index in [9.17, 15) is 0 Å². The molecule has 0 spiro atoms. The van der Waals surface area contributed by atoms with Gasteiger partial charge in [0, 0.05) is 15.9 Å². The average molecular weight is 381 g/mol. The second-order valence-corrected chi connectivity index (χ2v) is 8.30. The van der Waals surface area contributed by atoms with Crippen LogP contribution >= 0.6 is 43.2 Å². The normalized spacial score (nSPS) is 25.1. The first-order chi connectivity index (χ1) is 8.16. The third kappa shape index (κ3) is 4.05. The Bertz CT molecular complexity index is 345. The SMILES string of the molecule is CC1CCCCC1CNCc1cc(Br)c(Br)s1. The van der Waals surface area contributed by atoms with E-state index in [2.05, 4.69) is 50.2 Å². The third-order valence-corrected chi connectivity index (χ3v) is 6.95. The van der Waals surface area contributed by atoms with Crippen LogP contribution in [0.25, 0.3) is 0 Å². The van der Waals surface area contributed by atoms with Crippen LogP contribution in [0.15, 0.2) is 14.3 Å². The molecule has 4 heteroatoms. The Morgan fingerprint density at radius 2 is 2.12 bits per heavy atom. The molecule has 1 N–H and O–H groups in total. The highest BCUT2D eigenvalue weighted by molar-refractivity contribution is 9.13. The van der Waals surface area contributed by atoms with Gasteiger partial charge in [0.1, 0.15) is 0 Å². The van der Waals surface area contributed by atoms with Crippen molar-refractivity contribution in [2.75, 3.05) is 6.54 Å². The van der Waals surface area contributed by atoms with Crippen LogP contribution in [0.5, 0.6) is 0 Å². The van der Waals surface area contributed by atoms with Crippen molar-refractivity contribution in [3.63, 3.8) is 0 Å². The lowest BCUT2D eigenvalue weighted by atomic mass is 9.80. The summed E-state index contributed by atoms with van der Waals surface area (Å²) in [6.07, 6.45) is 5.68. The Balaban J connectivity index is 1.75. The molecule has 0 saturated heterocycles. The maximum atomic E-state index is 3.61. The van der Waals surface area contributed by atoms with Gasteiger partial charge in [0.05, 0.1) is 3.79 Å². The molecule has 0 amide bonds. The maximum absolute atomic E-state index is 3.61. The van der Waals surface area contributed by atoms with Crippen LogP contribution in [-0.4, -0.2) is 6.54 Å². The van der Waals surface area contributed by atoms with Gasteiger partial charge in [-0.2, -0.15) is 0 Å². The molecule has 2 rings (SSSR count). The molecule has 2 unspecified atom stereocenters. The minimum Gasteiger partial charge on any atom is -0.312 e. The van der Waals surface area contributed by atoms with Crippen molar-refractivity contribution >= 4 is 43.2 Å². The predicted molar refractivity (Wildman–Crippen MR) is 82.5 cm³/mol. The molecular formula is C13H19Br2NS. The third-order valence-electron chi connectivity index (χ3n) is 3.69. The van der Waals surface area contributed by atoms with E-state index in [0.29, 0.717) is 0 Å².